The highest BCUT2D eigenvalue weighted by Crippen LogP contribution is 2.22. The molecule has 5 heteroatoms. The van der Waals surface area contributed by atoms with E-state index in [1.807, 2.05) is 19.1 Å². The minimum atomic E-state index is 0.391. The Balaban J connectivity index is 1.98. The van der Waals surface area contributed by atoms with Gasteiger partial charge in [-0.15, -0.1) is 0 Å². The van der Waals surface area contributed by atoms with Crippen LogP contribution in [0.5, 0.6) is 0 Å². The number of ether oxygens (including phenoxy) is 1. The fraction of sp³-hybridized carbons (Fsp3) is 0.583. The number of pyridine rings is 1. The van der Waals surface area contributed by atoms with Gasteiger partial charge >= 0.3 is 0 Å². The average Bonchev–Trinajstić information content (AvgIpc) is 2.34. The molecule has 0 aromatic carbocycles. The van der Waals surface area contributed by atoms with E-state index in [-0.39, 0.29) is 0 Å². The van der Waals surface area contributed by atoms with Crippen LogP contribution in [0.25, 0.3) is 0 Å². The maximum atomic E-state index is 5.71. The zero-order valence-electron chi connectivity index (χ0n) is 10.2. The molecule has 17 heavy (non-hydrogen) atoms. The third kappa shape index (κ3) is 2.79. The van der Waals surface area contributed by atoms with Crippen LogP contribution in [0.2, 0.25) is 0 Å². The van der Waals surface area contributed by atoms with E-state index in [0.29, 0.717) is 17.6 Å². The summed E-state index contributed by atoms with van der Waals surface area (Å²) in [7, 11) is 0. The van der Waals surface area contributed by atoms with Gasteiger partial charge in [-0.25, -0.2) is 4.98 Å². The molecule has 1 aliphatic heterocycles. The summed E-state index contributed by atoms with van der Waals surface area (Å²) in [5.41, 5.74) is 11.9. The Bertz CT molecular complexity index is 375. The minimum absolute atomic E-state index is 0.391. The second-order valence-corrected chi connectivity index (χ2v) is 4.29. The quantitative estimate of drug-likeness (QED) is 0.826. The van der Waals surface area contributed by atoms with Crippen LogP contribution >= 0.6 is 0 Å². The van der Waals surface area contributed by atoms with Crippen LogP contribution in [-0.4, -0.2) is 30.8 Å². The molecule has 0 atom stereocenters. The average molecular weight is 236 g/mol. The monoisotopic (exact) mass is 236 g/mol. The highest BCUT2D eigenvalue weighted by Gasteiger charge is 2.20. The topological polar surface area (TPSA) is 77.4 Å². The van der Waals surface area contributed by atoms with Crippen LogP contribution < -0.4 is 16.4 Å². The molecule has 2 rings (SSSR count). The van der Waals surface area contributed by atoms with Crippen molar-refractivity contribution >= 4 is 17.3 Å². The SMILES string of the molecule is CCOC1CCN(c2ccc(N)c(N)n2)CC1. The van der Waals surface area contributed by atoms with Gasteiger partial charge < -0.3 is 21.1 Å². The van der Waals surface area contributed by atoms with Crippen molar-refractivity contribution in [2.24, 2.45) is 0 Å². The molecule has 0 bridgehead atoms. The number of anilines is 3. The van der Waals surface area contributed by atoms with Gasteiger partial charge in [0.15, 0.2) is 0 Å². The normalized spacial score (nSPS) is 17.4. The number of nitrogen functional groups attached to an aromatic ring is 2. The van der Waals surface area contributed by atoms with E-state index in [1.54, 1.807) is 0 Å². The predicted molar refractivity (Wildman–Crippen MR) is 69.9 cm³/mol. The van der Waals surface area contributed by atoms with Crippen molar-refractivity contribution in [2.45, 2.75) is 25.9 Å². The Morgan fingerprint density at radius 2 is 2.06 bits per heavy atom. The summed E-state index contributed by atoms with van der Waals surface area (Å²) in [4.78, 5) is 6.53. The number of aromatic nitrogens is 1. The fourth-order valence-electron chi connectivity index (χ4n) is 2.14. The highest BCUT2D eigenvalue weighted by molar-refractivity contribution is 5.62. The predicted octanol–water partition coefficient (Wildman–Crippen LogP) is 1.25. The Labute approximate surface area is 102 Å². The third-order valence-electron chi connectivity index (χ3n) is 3.11. The van der Waals surface area contributed by atoms with Gasteiger partial charge in [-0.2, -0.15) is 0 Å². The number of nitrogens with zero attached hydrogens (tertiary/aromatic N) is 2. The number of rotatable bonds is 3. The summed E-state index contributed by atoms with van der Waals surface area (Å²) in [6.07, 6.45) is 2.47. The molecule has 2 heterocycles. The first-order valence-corrected chi connectivity index (χ1v) is 6.09. The molecule has 1 saturated heterocycles. The smallest absolute Gasteiger partial charge is 0.149 e. The van der Waals surface area contributed by atoms with Gasteiger partial charge in [-0.3, -0.25) is 0 Å². The van der Waals surface area contributed by atoms with Gasteiger partial charge in [0.25, 0.3) is 0 Å². The Morgan fingerprint density at radius 1 is 1.35 bits per heavy atom. The van der Waals surface area contributed by atoms with Crippen molar-refractivity contribution in [3.63, 3.8) is 0 Å². The maximum absolute atomic E-state index is 5.71. The molecule has 0 saturated carbocycles. The van der Waals surface area contributed by atoms with Gasteiger partial charge in [0, 0.05) is 19.7 Å². The second-order valence-electron chi connectivity index (χ2n) is 4.29. The lowest BCUT2D eigenvalue weighted by Gasteiger charge is -2.32. The standard InChI is InChI=1S/C12H20N4O/c1-2-17-9-5-7-16(8-6-9)11-4-3-10(13)12(14)15-11/h3-4,9H,2,5-8,13H2,1H3,(H2,14,15). The molecule has 1 aromatic rings. The number of hydrogen-bond acceptors (Lipinski definition) is 5. The molecule has 0 amide bonds. The summed E-state index contributed by atoms with van der Waals surface area (Å²) in [6.45, 7) is 4.74. The van der Waals surface area contributed by atoms with Crippen molar-refractivity contribution in [3.05, 3.63) is 12.1 Å². The van der Waals surface area contributed by atoms with Gasteiger partial charge in [0.2, 0.25) is 0 Å². The molecule has 0 unspecified atom stereocenters. The third-order valence-corrected chi connectivity index (χ3v) is 3.11. The van der Waals surface area contributed by atoms with E-state index in [9.17, 15) is 0 Å². The van der Waals surface area contributed by atoms with E-state index in [4.69, 9.17) is 16.2 Å². The summed E-state index contributed by atoms with van der Waals surface area (Å²) in [6, 6.07) is 3.74. The summed E-state index contributed by atoms with van der Waals surface area (Å²) >= 11 is 0. The van der Waals surface area contributed by atoms with Gasteiger partial charge in [0.1, 0.15) is 11.6 Å². The van der Waals surface area contributed by atoms with E-state index < -0.39 is 0 Å². The van der Waals surface area contributed by atoms with Crippen molar-refractivity contribution in [1.82, 2.24) is 4.98 Å². The first-order chi connectivity index (χ1) is 8.20. The van der Waals surface area contributed by atoms with Crippen LogP contribution in [0.1, 0.15) is 19.8 Å². The molecule has 0 spiro atoms. The number of nitrogens with two attached hydrogens (primary N) is 2. The first-order valence-electron chi connectivity index (χ1n) is 6.09. The second kappa shape index (κ2) is 5.23. The lowest BCUT2D eigenvalue weighted by molar-refractivity contribution is 0.0458. The molecule has 1 fully saturated rings. The Hall–Kier alpha value is -1.49. The molecule has 0 aliphatic carbocycles. The number of hydrogen-bond donors (Lipinski definition) is 2. The Morgan fingerprint density at radius 3 is 2.65 bits per heavy atom. The van der Waals surface area contributed by atoms with Gasteiger partial charge in [-0.1, -0.05) is 0 Å². The first kappa shape index (κ1) is 12.0. The van der Waals surface area contributed by atoms with Gasteiger partial charge in [0.05, 0.1) is 11.8 Å². The van der Waals surface area contributed by atoms with E-state index in [2.05, 4.69) is 9.88 Å². The molecular weight excluding hydrogens is 216 g/mol. The summed E-state index contributed by atoms with van der Waals surface area (Å²) < 4.78 is 5.62. The largest absolute Gasteiger partial charge is 0.396 e. The molecule has 94 valence electrons. The van der Waals surface area contributed by atoms with E-state index >= 15 is 0 Å². The van der Waals surface area contributed by atoms with Crippen LogP contribution in [-0.2, 0) is 4.74 Å². The minimum Gasteiger partial charge on any atom is -0.396 e. The molecule has 4 N–H and O–H groups in total. The van der Waals surface area contributed by atoms with Crippen molar-refractivity contribution in [3.8, 4) is 0 Å². The molecule has 0 radical (unpaired) electrons. The maximum Gasteiger partial charge on any atom is 0.149 e. The van der Waals surface area contributed by atoms with Crippen LogP contribution in [0.3, 0.4) is 0 Å². The Kier molecular flexibility index (Phi) is 3.68. The highest BCUT2D eigenvalue weighted by atomic mass is 16.5. The lowest BCUT2D eigenvalue weighted by Crippen LogP contribution is -2.37. The number of piperidine rings is 1. The van der Waals surface area contributed by atoms with Crippen molar-refractivity contribution < 1.29 is 4.74 Å². The molecule has 1 aliphatic rings. The van der Waals surface area contributed by atoms with Gasteiger partial charge in [-0.05, 0) is 31.9 Å². The molecule has 5 nitrogen and oxygen atoms in total. The molecular formula is C12H20N4O. The van der Waals surface area contributed by atoms with E-state index in [0.717, 1.165) is 38.4 Å². The summed E-state index contributed by atoms with van der Waals surface area (Å²) in [5.74, 6) is 1.32. The van der Waals surface area contributed by atoms with Crippen molar-refractivity contribution in [1.29, 1.82) is 0 Å². The summed E-state index contributed by atoms with van der Waals surface area (Å²) in [5, 5.41) is 0. The fourth-order valence-corrected chi connectivity index (χ4v) is 2.14. The van der Waals surface area contributed by atoms with Crippen LogP contribution in [0.15, 0.2) is 12.1 Å². The van der Waals surface area contributed by atoms with Crippen LogP contribution in [0.4, 0.5) is 17.3 Å². The van der Waals surface area contributed by atoms with Crippen molar-refractivity contribution in [2.75, 3.05) is 36.1 Å². The lowest BCUT2D eigenvalue weighted by atomic mass is 10.1. The zero-order chi connectivity index (χ0) is 12.3. The zero-order valence-corrected chi connectivity index (χ0v) is 10.2. The van der Waals surface area contributed by atoms with E-state index in [1.165, 1.54) is 0 Å². The molecule has 1 aromatic heterocycles. The van der Waals surface area contributed by atoms with Crippen LogP contribution in [0, 0.1) is 0 Å².